The van der Waals surface area contributed by atoms with Crippen LogP contribution in [-0.4, -0.2) is 24.5 Å². The minimum absolute atomic E-state index is 0.0763. The van der Waals surface area contributed by atoms with Crippen LogP contribution in [0.1, 0.15) is 22.2 Å². The molecule has 0 radical (unpaired) electrons. The van der Waals surface area contributed by atoms with Crippen molar-refractivity contribution in [3.8, 4) is 5.75 Å². The standard InChI is InChI=1S/C15H17ClN2O2S/c1-3-18(9-13-4-5-14(16)21-13)15(19)10-6-11(17)8-12(7-10)20-2/h4-8H,3,9,17H2,1-2H3. The van der Waals surface area contributed by atoms with Crippen molar-refractivity contribution in [2.45, 2.75) is 13.5 Å². The second-order valence-electron chi connectivity index (χ2n) is 4.52. The zero-order valence-electron chi connectivity index (χ0n) is 11.9. The van der Waals surface area contributed by atoms with Gasteiger partial charge in [0.25, 0.3) is 5.91 Å². The number of amides is 1. The minimum atomic E-state index is -0.0763. The number of nitrogens with two attached hydrogens (primary N) is 1. The molecule has 2 rings (SSSR count). The van der Waals surface area contributed by atoms with Crippen molar-refractivity contribution in [3.63, 3.8) is 0 Å². The molecule has 1 aromatic heterocycles. The molecule has 1 aromatic carbocycles. The quantitative estimate of drug-likeness (QED) is 0.854. The second kappa shape index (κ2) is 6.83. The Kier molecular flexibility index (Phi) is 5.09. The number of carbonyl (C=O) groups excluding carboxylic acids is 1. The van der Waals surface area contributed by atoms with Gasteiger partial charge in [-0.05, 0) is 31.2 Å². The Morgan fingerprint density at radius 1 is 1.38 bits per heavy atom. The number of hydrogen-bond donors (Lipinski definition) is 1. The number of methoxy groups -OCH3 is 1. The highest BCUT2D eigenvalue weighted by atomic mass is 35.5. The van der Waals surface area contributed by atoms with Crippen LogP contribution in [0, 0.1) is 0 Å². The van der Waals surface area contributed by atoms with Crippen LogP contribution in [0.15, 0.2) is 30.3 Å². The summed E-state index contributed by atoms with van der Waals surface area (Å²) in [5, 5.41) is 0. The number of nitrogens with zero attached hydrogens (tertiary/aromatic N) is 1. The van der Waals surface area contributed by atoms with Crippen molar-refractivity contribution in [2.75, 3.05) is 19.4 Å². The highest BCUT2D eigenvalue weighted by molar-refractivity contribution is 7.16. The molecule has 0 fully saturated rings. The number of anilines is 1. The van der Waals surface area contributed by atoms with Gasteiger partial charge < -0.3 is 15.4 Å². The molecular weight excluding hydrogens is 308 g/mol. The molecule has 4 nitrogen and oxygen atoms in total. The molecule has 21 heavy (non-hydrogen) atoms. The summed E-state index contributed by atoms with van der Waals surface area (Å²) in [4.78, 5) is 15.4. The molecule has 0 atom stereocenters. The first-order valence-corrected chi connectivity index (χ1v) is 7.71. The first-order valence-electron chi connectivity index (χ1n) is 6.51. The molecule has 0 aliphatic carbocycles. The minimum Gasteiger partial charge on any atom is -0.497 e. The monoisotopic (exact) mass is 324 g/mol. The van der Waals surface area contributed by atoms with Crippen molar-refractivity contribution < 1.29 is 9.53 Å². The van der Waals surface area contributed by atoms with Crippen LogP contribution in [0.4, 0.5) is 5.69 Å². The molecule has 0 saturated carbocycles. The van der Waals surface area contributed by atoms with Gasteiger partial charge in [-0.1, -0.05) is 11.6 Å². The van der Waals surface area contributed by atoms with Gasteiger partial charge in [-0.15, -0.1) is 11.3 Å². The first kappa shape index (κ1) is 15.7. The number of hydrogen-bond acceptors (Lipinski definition) is 4. The summed E-state index contributed by atoms with van der Waals surface area (Å²) in [7, 11) is 1.55. The zero-order chi connectivity index (χ0) is 15.4. The van der Waals surface area contributed by atoms with Crippen molar-refractivity contribution >= 4 is 34.5 Å². The summed E-state index contributed by atoms with van der Waals surface area (Å²) >= 11 is 7.40. The summed E-state index contributed by atoms with van der Waals surface area (Å²) in [6, 6.07) is 8.82. The van der Waals surface area contributed by atoms with Crippen LogP contribution < -0.4 is 10.5 Å². The SMILES string of the molecule is CCN(Cc1ccc(Cl)s1)C(=O)c1cc(N)cc(OC)c1. The largest absolute Gasteiger partial charge is 0.497 e. The van der Waals surface area contributed by atoms with Crippen molar-refractivity contribution in [3.05, 3.63) is 45.1 Å². The van der Waals surface area contributed by atoms with E-state index in [1.807, 2.05) is 19.1 Å². The molecule has 2 aromatic rings. The van der Waals surface area contributed by atoms with Crippen molar-refractivity contribution in [1.29, 1.82) is 0 Å². The summed E-state index contributed by atoms with van der Waals surface area (Å²) < 4.78 is 5.88. The lowest BCUT2D eigenvalue weighted by atomic mass is 10.1. The fourth-order valence-electron chi connectivity index (χ4n) is 2.00. The topological polar surface area (TPSA) is 55.6 Å². The number of carbonyl (C=O) groups is 1. The van der Waals surface area contributed by atoms with E-state index in [1.54, 1.807) is 30.2 Å². The average molecular weight is 325 g/mol. The summed E-state index contributed by atoms with van der Waals surface area (Å²) in [5.41, 5.74) is 6.84. The van der Waals surface area contributed by atoms with Crippen LogP contribution in [0.2, 0.25) is 4.34 Å². The maximum Gasteiger partial charge on any atom is 0.254 e. The van der Waals surface area contributed by atoms with E-state index in [2.05, 4.69) is 0 Å². The fourth-order valence-corrected chi connectivity index (χ4v) is 3.10. The van der Waals surface area contributed by atoms with E-state index in [9.17, 15) is 4.79 Å². The molecular formula is C15H17ClN2O2S. The molecule has 0 spiro atoms. The van der Waals surface area contributed by atoms with Gasteiger partial charge in [0.1, 0.15) is 5.75 Å². The number of rotatable bonds is 5. The average Bonchev–Trinajstić information content (AvgIpc) is 2.88. The number of halogens is 1. The second-order valence-corrected chi connectivity index (χ2v) is 6.32. The highest BCUT2D eigenvalue weighted by Gasteiger charge is 2.16. The van der Waals surface area contributed by atoms with Crippen LogP contribution in [-0.2, 0) is 6.54 Å². The van der Waals surface area contributed by atoms with Crippen LogP contribution in [0.3, 0.4) is 0 Å². The molecule has 0 aliphatic heterocycles. The molecule has 112 valence electrons. The Bertz CT molecular complexity index is 642. The van der Waals surface area contributed by atoms with Crippen molar-refractivity contribution in [2.24, 2.45) is 0 Å². The van der Waals surface area contributed by atoms with Gasteiger partial charge in [-0.25, -0.2) is 0 Å². The lowest BCUT2D eigenvalue weighted by molar-refractivity contribution is 0.0754. The van der Waals surface area contributed by atoms with Gasteiger partial charge in [0.15, 0.2) is 0 Å². The van der Waals surface area contributed by atoms with Crippen LogP contribution in [0.5, 0.6) is 5.75 Å². The van der Waals surface area contributed by atoms with E-state index in [1.165, 1.54) is 11.3 Å². The fraction of sp³-hybridized carbons (Fsp3) is 0.267. The van der Waals surface area contributed by atoms with Gasteiger partial charge in [-0.2, -0.15) is 0 Å². The molecule has 0 saturated heterocycles. The number of ether oxygens (including phenoxy) is 1. The molecule has 2 N–H and O–H groups in total. The summed E-state index contributed by atoms with van der Waals surface area (Å²) in [6.07, 6.45) is 0. The molecule has 0 aliphatic rings. The van der Waals surface area contributed by atoms with E-state index < -0.39 is 0 Å². The Hall–Kier alpha value is -1.72. The lowest BCUT2D eigenvalue weighted by Gasteiger charge is -2.20. The molecule has 6 heteroatoms. The van der Waals surface area contributed by atoms with Crippen molar-refractivity contribution in [1.82, 2.24) is 4.90 Å². The number of nitrogen functional groups attached to an aromatic ring is 1. The highest BCUT2D eigenvalue weighted by Crippen LogP contribution is 2.24. The number of benzene rings is 1. The summed E-state index contributed by atoms with van der Waals surface area (Å²) in [6.45, 7) is 3.08. The first-order chi connectivity index (χ1) is 10.0. The van der Waals surface area contributed by atoms with E-state index in [0.717, 1.165) is 9.21 Å². The molecule has 1 amide bonds. The molecule has 0 bridgehead atoms. The molecule has 1 heterocycles. The Morgan fingerprint density at radius 3 is 2.71 bits per heavy atom. The lowest BCUT2D eigenvalue weighted by Crippen LogP contribution is -2.30. The van der Waals surface area contributed by atoms with Gasteiger partial charge in [0, 0.05) is 28.7 Å². The smallest absolute Gasteiger partial charge is 0.254 e. The van der Waals surface area contributed by atoms with E-state index in [-0.39, 0.29) is 5.91 Å². The van der Waals surface area contributed by atoms with E-state index in [4.69, 9.17) is 22.1 Å². The Labute approximate surface area is 133 Å². The predicted octanol–water partition coefficient (Wildman–Crippen LogP) is 3.65. The normalized spacial score (nSPS) is 10.4. The maximum atomic E-state index is 12.6. The van der Waals surface area contributed by atoms with Gasteiger partial charge in [-0.3, -0.25) is 4.79 Å². The van der Waals surface area contributed by atoms with Crippen LogP contribution in [0.25, 0.3) is 0 Å². The van der Waals surface area contributed by atoms with Gasteiger partial charge >= 0.3 is 0 Å². The van der Waals surface area contributed by atoms with E-state index >= 15 is 0 Å². The Morgan fingerprint density at radius 2 is 2.14 bits per heavy atom. The number of thiophene rings is 1. The third kappa shape index (κ3) is 3.89. The zero-order valence-corrected chi connectivity index (χ0v) is 13.5. The third-order valence-corrected chi connectivity index (χ3v) is 4.27. The predicted molar refractivity (Wildman–Crippen MR) is 87.1 cm³/mol. The van der Waals surface area contributed by atoms with Crippen LogP contribution >= 0.6 is 22.9 Å². The third-order valence-electron chi connectivity index (χ3n) is 3.06. The Balaban J connectivity index is 2.21. The maximum absolute atomic E-state index is 12.6. The van der Waals surface area contributed by atoms with E-state index in [0.29, 0.717) is 30.1 Å². The van der Waals surface area contributed by atoms with Gasteiger partial charge in [0.2, 0.25) is 0 Å². The molecule has 0 unspecified atom stereocenters. The summed E-state index contributed by atoms with van der Waals surface area (Å²) in [5.74, 6) is 0.501. The van der Waals surface area contributed by atoms with Gasteiger partial charge in [0.05, 0.1) is 18.0 Å².